The molecule has 0 aliphatic carbocycles. The second-order valence-corrected chi connectivity index (χ2v) is 7.67. The topological polar surface area (TPSA) is 119 Å². The van der Waals surface area contributed by atoms with Crippen LogP contribution in [0.25, 0.3) is 11.3 Å². The summed E-state index contributed by atoms with van der Waals surface area (Å²) in [5, 5.41) is 21.7. The monoisotopic (exact) mass is 471 g/mol. The second kappa shape index (κ2) is 10.8. The standard InChI is InChI=1S/C23H20F3N5O3/c24-23(25,26)22(33)34-31-9-2-1-6-20(31)21(32)30-18(13-28)11-16-7-8-19(29-14-16)17-5-3-4-15(10-17)12-27/h3-5,7-8,10,14,18,20H,1-2,6,9,11H2,(H,30,32)/t18-,20-/m0/s1. The van der Waals surface area contributed by atoms with E-state index in [-0.39, 0.29) is 19.4 Å². The molecular weight excluding hydrogens is 451 g/mol. The molecule has 1 aromatic heterocycles. The van der Waals surface area contributed by atoms with Crippen LogP contribution in [-0.2, 0) is 20.8 Å². The van der Waals surface area contributed by atoms with Crippen molar-refractivity contribution < 1.29 is 27.6 Å². The summed E-state index contributed by atoms with van der Waals surface area (Å²) >= 11 is 0. The predicted molar refractivity (Wildman–Crippen MR) is 112 cm³/mol. The van der Waals surface area contributed by atoms with Gasteiger partial charge < -0.3 is 10.2 Å². The van der Waals surface area contributed by atoms with Gasteiger partial charge in [-0.3, -0.25) is 9.78 Å². The highest BCUT2D eigenvalue weighted by Crippen LogP contribution is 2.23. The van der Waals surface area contributed by atoms with Crippen LogP contribution in [0, 0.1) is 22.7 Å². The zero-order valence-electron chi connectivity index (χ0n) is 17.9. The molecule has 0 saturated carbocycles. The summed E-state index contributed by atoms with van der Waals surface area (Å²) in [4.78, 5) is 32.6. The molecule has 1 aliphatic heterocycles. The number of nitrogens with one attached hydrogen (secondary N) is 1. The van der Waals surface area contributed by atoms with Crippen molar-refractivity contribution in [1.29, 1.82) is 10.5 Å². The number of alkyl halides is 3. The number of hydrogen-bond acceptors (Lipinski definition) is 7. The van der Waals surface area contributed by atoms with Crippen molar-refractivity contribution in [3.05, 3.63) is 53.7 Å². The third-order valence-electron chi connectivity index (χ3n) is 5.21. The highest BCUT2D eigenvalue weighted by atomic mass is 19.4. The van der Waals surface area contributed by atoms with E-state index < -0.39 is 30.1 Å². The lowest BCUT2D eigenvalue weighted by molar-refractivity contribution is -0.248. The Morgan fingerprint density at radius 2 is 2.03 bits per heavy atom. The molecule has 1 N–H and O–H groups in total. The maximum absolute atomic E-state index is 12.7. The van der Waals surface area contributed by atoms with Crippen LogP contribution in [0.4, 0.5) is 13.2 Å². The Morgan fingerprint density at radius 3 is 2.68 bits per heavy atom. The molecule has 34 heavy (non-hydrogen) atoms. The molecule has 0 unspecified atom stereocenters. The van der Waals surface area contributed by atoms with Crippen molar-refractivity contribution in [2.75, 3.05) is 6.54 Å². The smallest absolute Gasteiger partial charge is 0.360 e. The summed E-state index contributed by atoms with van der Waals surface area (Å²) in [6, 6.07) is 12.3. The first-order valence-corrected chi connectivity index (χ1v) is 10.4. The third-order valence-corrected chi connectivity index (χ3v) is 5.21. The molecule has 1 aliphatic rings. The fraction of sp³-hybridized carbons (Fsp3) is 0.348. The van der Waals surface area contributed by atoms with Crippen molar-refractivity contribution in [1.82, 2.24) is 15.4 Å². The number of nitrogens with zero attached hydrogens (tertiary/aromatic N) is 4. The van der Waals surface area contributed by atoms with E-state index in [2.05, 4.69) is 21.2 Å². The Bertz CT molecular complexity index is 1120. The van der Waals surface area contributed by atoms with Crippen molar-refractivity contribution in [3.8, 4) is 23.4 Å². The van der Waals surface area contributed by atoms with Gasteiger partial charge in [-0.2, -0.15) is 23.7 Å². The minimum absolute atomic E-state index is 0.0183. The zero-order valence-corrected chi connectivity index (χ0v) is 17.9. The van der Waals surface area contributed by atoms with Crippen LogP contribution >= 0.6 is 0 Å². The number of aromatic nitrogens is 1. The second-order valence-electron chi connectivity index (χ2n) is 7.67. The molecule has 1 aromatic carbocycles. The van der Waals surface area contributed by atoms with Crippen LogP contribution in [0.5, 0.6) is 0 Å². The number of amides is 1. The van der Waals surface area contributed by atoms with Gasteiger partial charge in [-0.15, -0.1) is 5.06 Å². The molecule has 0 spiro atoms. The Balaban J connectivity index is 1.64. The number of nitriles is 2. The molecule has 8 nitrogen and oxygen atoms in total. The summed E-state index contributed by atoms with van der Waals surface area (Å²) in [5.41, 5.74) is 2.52. The van der Waals surface area contributed by atoms with Crippen LogP contribution in [0.2, 0.25) is 0 Å². The largest absolute Gasteiger partial charge is 0.492 e. The van der Waals surface area contributed by atoms with Gasteiger partial charge >= 0.3 is 12.1 Å². The van der Waals surface area contributed by atoms with Gasteiger partial charge in [0.1, 0.15) is 12.1 Å². The van der Waals surface area contributed by atoms with Gasteiger partial charge in [-0.25, -0.2) is 4.79 Å². The van der Waals surface area contributed by atoms with E-state index in [4.69, 9.17) is 5.26 Å². The maximum atomic E-state index is 12.7. The molecule has 1 fully saturated rings. The van der Waals surface area contributed by atoms with Gasteiger partial charge in [0.05, 0.1) is 23.4 Å². The number of hydroxylamine groups is 2. The molecule has 11 heteroatoms. The molecule has 0 bridgehead atoms. The number of carbonyl (C=O) groups is 2. The van der Waals surface area contributed by atoms with Crippen LogP contribution in [-0.4, -0.2) is 46.7 Å². The number of halogens is 3. The van der Waals surface area contributed by atoms with E-state index in [1.54, 1.807) is 36.5 Å². The first kappa shape index (κ1) is 24.7. The summed E-state index contributed by atoms with van der Waals surface area (Å²) < 4.78 is 37.6. The molecular formula is C23H20F3N5O3. The van der Waals surface area contributed by atoms with Crippen molar-refractivity contribution in [2.45, 2.75) is 43.9 Å². The lowest BCUT2D eigenvalue weighted by Crippen LogP contribution is -2.53. The summed E-state index contributed by atoms with van der Waals surface area (Å²) in [5.74, 6) is -3.09. The van der Waals surface area contributed by atoms with Crippen molar-refractivity contribution >= 4 is 11.9 Å². The van der Waals surface area contributed by atoms with E-state index in [9.17, 15) is 28.0 Å². The molecule has 3 rings (SSSR count). The third kappa shape index (κ3) is 6.30. The number of hydrogen-bond donors (Lipinski definition) is 1. The minimum Gasteiger partial charge on any atom is -0.360 e. The van der Waals surface area contributed by atoms with Gasteiger partial charge in [-0.05, 0) is 43.0 Å². The molecule has 1 saturated heterocycles. The Morgan fingerprint density at radius 1 is 1.24 bits per heavy atom. The van der Waals surface area contributed by atoms with Crippen molar-refractivity contribution in [3.63, 3.8) is 0 Å². The van der Waals surface area contributed by atoms with Crippen LogP contribution in [0.3, 0.4) is 0 Å². The fourth-order valence-corrected chi connectivity index (χ4v) is 3.53. The average Bonchev–Trinajstić information content (AvgIpc) is 2.83. The van der Waals surface area contributed by atoms with Crippen molar-refractivity contribution in [2.24, 2.45) is 0 Å². The van der Waals surface area contributed by atoms with Gasteiger partial charge in [-0.1, -0.05) is 18.2 Å². The van der Waals surface area contributed by atoms with E-state index in [0.29, 0.717) is 29.7 Å². The number of benzene rings is 1. The minimum atomic E-state index is -5.18. The number of rotatable bonds is 6. The van der Waals surface area contributed by atoms with Crippen LogP contribution in [0.15, 0.2) is 42.6 Å². The quantitative estimate of drug-likeness (QED) is 0.688. The molecule has 2 heterocycles. The van der Waals surface area contributed by atoms with Gasteiger partial charge in [0.2, 0.25) is 5.91 Å². The summed E-state index contributed by atoms with van der Waals surface area (Å²) in [6.45, 7) is -0.0183. The lowest BCUT2D eigenvalue weighted by atomic mass is 10.0. The van der Waals surface area contributed by atoms with Crippen LogP contribution in [0.1, 0.15) is 30.4 Å². The van der Waals surface area contributed by atoms with E-state index in [1.165, 1.54) is 0 Å². The van der Waals surface area contributed by atoms with E-state index in [0.717, 1.165) is 10.6 Å². The van der Waals surface area contributed by atoms with Gasteiger partial charge in [0, 0.05) is 24.7 Å². The highest BCUT2D eigenvalue weighted by Gasteiger charge is 2.44. The number of pyridine rings is 1. The van der Waals surface area contributed by atoms with E-state index >= 15 is 0 Å². The molecule has 0 radical (unpaired) electrons. The first-order chi connectivity index (χ1) is 16.2. The number of piperidine rings is 1. The normalized spacial score (nSPS) is 17.1. The molecule has 1 amide bonds. The maximum Gasteiger partial charge on any atom is 0.492 e. The highest BCUT2D eigenvalue weighted by molar-refractivity contribution is 5.83. The first-order valence-electron chi connectivity index (χ1n) is 10.4. The molecule has 2 aromatic rings. The van der Waals surface area contributed by atoms with Crippen LogP contribution < -0.4 is 5.32 Å². The zero-order chi connectivity index (χ0) is 24.7. The van der Waals surface area contributed by atoms with Gasteiger partial charge in [0.15, 0.2) is 0 Å². The Hall–Kier alpha value is -3.96. The average molecular weight is 471 g/mol. The SMILES string of the molecule is N#Cc1cccc(-c2ccc(C[C@@H](C#N)NC(=O)[C@@H]3CCCCN3OC(=O)C(F)(F)F)cn2)c1. The van der Waals surface area contributed by atoms with Gasteiger partial charge in [0.25, 0.3) is 0 Å². The molecule has 176 valence electrons. The molecule has 2 atom stereocenters. The van der Waals surface area contributed by atoms with E-state index in [1.807, 2.05) is 12.1 Å². The summed E-state index contributed by atoms with van der Waals surface area (Å²) in [6.07, 6.45) is -2.30. The Kier molecular flexibility index (Phi) is 7.82. The predicted octanol–water partition coefficient (Wildman–Crippen LogP) is 3.05. The lowest BCUT2D eigenvalue weighted by Gasteiger charge is -2.33. The summed E-state index contributed by atoms with van der Waals surface area (Å²) in [7, 11) is 0. The fourth-order valence-electron chi connectivity index (χ4n) is 3.53. The Labute approximate surface area is 193 Å². The number of carbonyl (C=O) groups excluding carboxylic acids is 2.